The van der Waals surface area contributed by atoms with Crippen LogP contribution in [0.15, 0.2) is 30.3 Å². The Morgan fingerprint density at radius 2 is 1.91 bits per heavy atom. The molecule has 2 fully saturated rings. The number of nitrogens with one attached hydrogen (secondary N) is 1. The maximum Gasteiger partial charge on any atom is 0.344 e. The molecular formula is C15H21N3O4S. The molecule has 0 aliphatic carbocycles. The lowest BCUT2D eigenvalue weighted by atomic mass is 9.98. The molecule has 0 radical (unpaired) electrons. The Kier molecular flexibility index (Phi) is 4.56. The molecule has 2 aliphatic heterocycles. The summed E-state index contributed by atoms with van der Waals surface area (Å²) >= 11 is 0. The molecular weight excluding hydrogens is 318 g/mol. The van der Waals surface area contributed by atoms with E-state index in [0.717, 1.165) is 18.4 Å². The van der Waals surface area contributed by atoms with Gasteiger partial charge >= 0.3 is 6.03 Å². The first kappa shape index (κ1) is 16.2. The van der Waals surface area contributed by atoms with Gasteiger partial charge < -0.3 is 5.32 Å². The molecule has 8 heteroatoms. The van der Waals surface area contributed by atoms with Gasteiger partial charge in [0.2, 0.25) is 16.3 Å². The van der Waals surface area contributed by atoms with Crippen molar-refractivity contribution in [3.8, 4) is 0 Å². The first-order valence-electron chi connectivity index (χ1n) is 7.69. The van der Waals surface area contributed by atoms with E-state index in [0.29, 0.717) is 25.6 Å². The monoisotopic (exact) mass is 339 g/mol. The molecule has 2 saturated heterocycles. The van der Waals surface area contributed by atoms with Gasteiger partial charge in [-0.15, -0.1) is 0 Å². The SMILES string of the molecule is CS(=O)(=O)N1CCC(CNC(=O)N2OC2c2ccccc2)CC1. The van der Waals surface area contributed by atoms with Crippen molar-refractivity contribution in [1.29, 1.82) is 0 Å². The van der Waals surface area contributed by atoms with E-state index in [4.69, 9.17) is 4.84 Å². The number of piperidine rings is 1. The molecule has 1 aromatic carbocycles. The van der Waals surface area contributed by atoms with Crippen LogP contribution in [0.3, 0.4) is 0 Å². The van der Waals surface area contributed by atoms with E-state index in [-0.39, 0.29) is 12.3 Å². The largest absolute Gasteiger partial charge is 0.344 e. The van der Waals surface area contributed by atoms with Crippen LogP contribution in [-0.4, -0.2) is 49.7 Å². The highest BCUT2D eigenvalue weighted by Gasteiger charge is 2.42. The number of rotatable bonds is 4. The smallest absolute Gasteiger partial charge is 0.336 e. The van der Waals surface area contributed by atoms with Crippen LogP contribution in [0, 0.1) is 5.92 Å². The molecule has 7 nitrogen and oxygen atoms in total. The van der Waals surface area contributed by atoms with E-state index in [2.05, 4.69) is 5.32 Å². The fourth-order valence-electron chi connectivity index (χ4n) is 2.80. The van der Waals surface area contributed by atoms with E-state index in [1.165, 1.54) is 15.6 Å². The van der Waals surface area contributed by atoms with Crippen LogP contribution in [0.2, 0.25) is 0 Å². The van der Waals surface area contributed by atoms with Crippen LogP contribution in [0.5, 0.6) is 0 Å². The fourth-order valence-corrected chi connectivity index (χ4v) is 3.68. The lowest BCUT2D eigenvalue weighted by Gasteiger charge is -2.30. The Bertz CT molecular complexity index is 657. The van der Waals surface area contributed by atoms with E-state index < -0.39 is 10.0 Å². The summed E-state index contributed by atoms with van der Waals surface area (Å²) in [5.41, 5.74) is 0.948. The van der Waals surface area contributed by atoms with Gasteiger partial charge in [-0.2, -0.15) is 5.06 Å². The van der Waals surface area contributed by atoms with Gasteiger partial charge in [-0.3, -0.25) is 0 Å². The Morgan fingerprint density at radius 3 is 2.52 bits per heavy atom. The summed E-state index contributed by atoms with van der Waals surface area (Å²) in [4.78, 5) is 17.3. The van der Waals surface area contributed by atoms with Crippen molar-refractivity contribution in [2.45, 2.75) is 19.1 Å². The quantitative estimate of drug-likeness (QED) is 0.839. The zero-order chi connectivity index (χ0) is 16.4. The fraction of sp³-hybridized carbons (Fsp3) is 0.533. The highest BCUT2D eigenvalue weighted by molar-refractivity contribution is 7.88. The molecule has 3 rings (SSSR count). The second-order valence-electron chi connectivity index (χ2n) is 5.99. The number of nitrogens with zero attached hydrogens (tertiary/aromatic N) is 2. The van der Waals surface area contributed by atoms with Crippen LogP contribution in [-0.2, 0) is 14.9 Å². The number of amides is 2. The molecule has 0 aromatic heterocycles. The molecule has 2 heterocycles. The first-order chi connectivity index (χ1) is 10.9. The van der Waals surface area contributed by atoms with Gasteiger partial charge in [-0.1, -0.05) is 30.3 Å². The predicted molar refractivity (Wildman–Crippen MR) is 84.6 cm³/mol. The highest BCUT2D eigenvalue weighted by Crippen LogP contribution is 2.36. The molecule has 0 bridgehead atoms. The van der Waals surface area contributed by atoms with Crippen LogP contribution >= 0.6 is 0 Å². The molecule has 0 spiro atoms. The lowest BCUT2D eigenvalue weighted by Crippen LogP contribution is -2.41. The number of urea groups is 1. The van der Waals surface area contributed by atoms with Crippen molar-refractivity contribution >= 4 is 16.1 Å². The van der Waals surface area contributed by atoms with Gasteiger partial charge in [-0.25, -0.2) is 22.4 Å². The summed E-state index contributed by atoms with van der Waals surface area (Å²) in [6, 6.07) is 9.31. The van der Waals surface area contributed by atoms with Crippen molar-refractivity contribution in [2.75, 3.05) is 25.9 Å². The normalized spacial score (nSPS) is 22.8. The van der Waals surface area contributed by atoms with Crippen LogP contribution in [0.25, 0.3) is 0 Å². The van der Waals surface area contributed by atoms with Crippen molar-refractivity contribution < 1.29 is 18.0 Å². The zero-order valence-corrected chi connectivity index (χ0v) is 13.8. The second kappa shape index (κ2) is 6.46. The van der Waals surface area contributed by atoms with Gasteiger partial charge in [0.05, 0.1) is 6.26 Å². The van der Waals surface area contributed by atoms with Gasteiger partial charge in [0.1, 0.15) is 0 Å². The summed E-state index contributed by atoms with van der Waals surface area (Å²) in [6.07, 6.45) is 2.45. The third-order valence-corrected chi connectivity index (χ3v) is 5.55. The summed E-state index contributed by atoms with van der Waals surface area (Å²) in [7, 11) is -3.10. The molecule has 1 atom stereocenters. The van der Waals surface area contributed by atoms with Crippen molar-refractivity contribution in [3.63, 3.8) is 0 Å². The zero-order valence-electron chi connectivity index (χ0n) is 13.0. The van der Waals surface area contributed by atoms with Gasteiger partial charge in [-0.05, 0) is 18.8 Å². The number of hydroxylamine groups is 2. The van der Waals surface area contributed by atoms with Crippen LogP contribution < -0.4 is 5.32 Å². The van der Waals surface area contributed by atoms with Crippen LogP contribution in [0.1, 0.15) is 24.6 Å². The van der Waals surface area contributed by atoms with Gasteiger partial charge in [0.25, 0.3) is 0 Å². The van der Waals surface area contributed by atoms with E-state index >= 15 is 0 Å². The first-order valence-corrected chi connectivity index (χ1v) is 9.54. The standard InChI is InChI=1S/C15H21N3O4S/c1-23(20,21)17-9-7-12(8-10-17)11-16-15(19)18-14(22-18)13-5-3-2-4-6-13/h2-6,12,14H,7-11H2,1H3,(H,16,19). The van der Waals surface area contributed by atoms with Gasteiger partial charge in [0, 0.05) is 25.2 Å². The topological polar surface area (TPSA) is 82.0 Å². The number of hydrogen-bond donors (Lipinski definition) is 1. The van der Waals surface area contributed by atoms with Crippen molar-refractivity contribution in [3.05, 3.63) is 35.9 Å². The minimum absolute atomic E-state index is 0.246. The maximum absolute atomic E-state index is 12.0. The predicted octanol–water partition coefficient (Wildman–Crippen LogP) is 1.31. The molecule has 126 valence electrons. The minimum atomic E-state index is -3.10. The Hall–Kier alpha value is -1.64. The Morgan fingerprint density at radius 1 is 1.26 bits per heavy atom. The average molecular weight is 339 g/mol. The third-order valence-electron chi connectivity index (χ3n) is 4.25. The van der Waals surface area contributed by atoms with E-state index in [1.807, 2.05) is 30.3 Å². The minimum Gasteiger partial charge on any atom is -0.336 e. The molecule has 1 N–H and O–H groups in total. The summed E-state index contributed by atoms with van der Waals surface area (Å²) in [6.45, 7) is 1.58. The van der Waals surface area contributed by atoms with Crippen LogP contribution in [0.4, 0.5) is 4.79 Å². The highest BCUT2D eigenvalue weighted by atomic mass is 32.2. The molecule has 1 unspecified atom stereocenters. The number of carbonyl (C=O) groups excluding carboxylic acids is 1. The summed E-state index contributed by atoms with van der Waals surface area (Å²) < 4.78 is 24.4. The second-order valence-corrected chi connectivity index (χ2v) is 7.97. The third kappa shape index (κ3) is 4.01. The van der Waals surface area contributed by atoms with E-state index in [1.54, 1.807) is 0 Å². The molecule has 1 aromatic rings. The van der Waals surface area contributed by atoms with Gasteiger partial charge in [0.15, 0.2) is 0 Å². The molecule has 0 saturated carbocycles. The molecule has 23 heavy (non-hydrogen) atoms. The number of hydrogen-bond acceptors (Lipinski definition) is 4. The summed E-state index contributed by atoms with van der Waals surface area (Å²) in [5, 5.41) is 4.18. The lowest BCUT2D eigenvalue weighted by molar-refractivity contribution is 0.173. The Balaban J connectivity index is 1.41. The number of carbonyl (C=O) groups is 1. The summed E-state index contributed by atoms with van der Waals surface area (Å²) in [5.74, 6) is 0.298. The molecule has 2 aliphatic rings. The van der Waals surface area contributed by atoms with Crippen molar-refractivity contribution in [1.82, 2.24) is 14.7 Å². The number of benzene rings is 1. The Labute approximate surface area is 136 Å². The van der Waals surface area contributed by atoms with Crippen molar-refractivity contribution in [2.24, 2.45) is 5.92 Å². The number of sulfonamides is 1. The maximum atomic E-state index is 12.0. The average Bonchev–Trinajstić information content (AvgIpc) is 3.34. The molecule has 2 amide bonds. The van der Waals surface area contributed by atoms with E-state index in [9.17, 15) is 13.2 Å².